The molecule has 10 heteroatoms. The Labute approximate surface area is 162 Å². The summed E-state index contributed by atoms with van der Waals surface area (Å²) in [6, 6.07) is 5.14. The summed E-state index contributed by atoms with van der Waals surface area (Å²) >= 11 is 0. The zero-order chi connectivity index (χ0) is 20.4. The van der Waals surface area contributed by atoms with Gasteiger partial charge in [0.1, 0.15) is 0 Å². The maximum absolute atomic E-state index is 12.6. The second-order valence-corrected chi connectivity index (χ2v) is 9.71. The Morgan fingerprint density at radius 3 is 2.32 bits per heavy atom. The molecule has 2 saturated heterocycles. The molecule has 2 fully saturated rings. The van der Waals surface area contributed by atoms with E-state index in [4.69, 9.17) is 0 Å². The van der Waals surface area contributed by atoms with E-state index in [2.05, 4.69) is 10.2 Å². The van der Waals surface area contributed by atoms with Crippen LogP contribution in [-0.2, 0) is 27.4 Å². The van der Waals surface area contributed by atoms with Crippen LogP contribution in [0.5, 0.6) is 0 Å². The average molecular weight is 419 g/mol. The molecule has 1 unspecified atom stereocenters. The minimum absolute atomic E-state index is 0.00419. The molecular weight excluding hydrogens is 395 g/mol. The Balaban J connectivity index is 1.42. The van der Waals surface area contributed by atoms with Gasteiger partial charge >= 0.3 is 6.18 Å². The highest BCUT2D eigenvalue weighted by atomic mass is 32.2. The van der Waals surface area contributed by atoms with Gasteiger partial charge in [-0.2, -0.15) is 13.2 Å². The van der Waals surface area contributed by atoms with Crippen LogP contribution in [0, 0.1) is 0 Å². The van der Waals surface area contributed by atoms with E-state index in [-0.39, 0.29) is 30.0 Å². The first-order valence-corrected chi connectivity index (χ1v) is 11.0. The highest BCUT2D eigenvalue weighted by Crippen LogP contribution is 2.29. The summed E-state index contributed by atoms with van der Waals surface area (Å²) in [6.07, 6.45) is -3.55. The van der Waals surface area contributed by atoms with Gasteiger partial charge in [-0.15, -0.1) is 0 Å². The minimum atomic E-state index is -4.33. The Bertz CT molecular complexity index is 783. The van der Waals surface area contributed by atoms with Crippen molar-refractivity contribution in [2.24, 2.45) is 0 Å². The van der Waals surface area contributed by atoms with Crippen LogP contribution in [0.4, 0.5) is 13.2 Å². The predicted molar refractivity (Wildman–Crippen MR) is 98.4 cm³/mol. The van der Waals surface area contributed by atoms with Gasteiger partial charge in [0.05, 0.1) is 23.6 Å². The normalized spacial score (nSPS) is 23.6. The molecule has 1 aromatic rings. The highest BCUT2D eigenvalue weighted by Gasteiger charge is 2.30. The number of alkyl halides is 3. The number of likely N-dealkylation sites (tertiary alicyclic amines) is 1. The summed E-state index contributed by atoms with van der Waals surface area (Å²) in [5.74, 6) is 0.0515. The third-order valence-corrected chi connectivity index (χ3v) is 6.74. The number of carbonyl (C=O) groups is 1. The number of halogens is 3. The SMILES string of the molecule is O=C(CN1CCS(=O)(=O)CC1)NC1CCN(Cc2ccc(C(F)(F)F)cc2)C1. The number of hydrogen-bond acceptors (Lipinski definition) is 5. The molecule has 1 amide bonds. The van der Waals surface area contributed by atoms with Crippen LogP contribution >= 0.6 is 0 Å². The van der Waals surface area contributed by atoms with Crippen molar-refractivity contribution >= 4 is 15.7 Å². The molecule has 0 radical (unpaired) electrons. The number of benzene rings is 1. The summed E-state index contributed by atoms with van der Waals surface area (Å²) in [7, 11) is -2.96. The second kappa shape index (κ2) is 8.38. The molecule has 156 valence electrons. The van der Waals surface area contributed by atoms with Crippen LogP contribution in [0.3, 0.4) is 0 Å². The molecule has 2 heterocycles. The predicted octanol–water partition coefficient (Wildman–Crippen LogP) is 1.13. The van der Waals surface area contributed by atoms with Crippen molar-refractivity contribution < 1.29 is 26.4 Å². The van der Waals surface area contributed by atoms with Crippen molar-refractivity contribution in [1.82, 2.24) is 15.1 Å². The molecule has 0 saturated carbocycles. The lowest BCUT2D eigenvalue weighted by Crippen LogP contribution is -2.47. The largest absolute Gasteiger partial charge is 0.416 e. The van der Waals surface area contributed by atoms with E-state index >= 15 is 0 Å². The van der Waals surface area contributed by atoms with Crippen LogP contribution in [0.15, 0.2) is 24.3 Å². The lowest BCUT2D eigenvalue weighted by atomic mass is 10.1. The first kappa shape index (κ1) is 21.1. The van der Waals surface area contributed by atoms with Crippen molar-refractivity contribution in [3.05, 3.63) is 35.4 Å². The molecule has 6 nitrogen and oxygen atoms in total. The van der Waals surface area contributed by atoms with Gasteiger partial charge in [0.2, 0.25) is 5.91 Å². The van der Waals surface area contributed by atoms with Crippen molar-refractivity contribution in [2.45, 2.75) is 25.2 Å². The molecule has 0 aromatic heterocycles. The van der Waals surface area contributed by atoms with Crippen molar-refractivity contribution in [3.8, 4) is 0 Å². The molecule has 0 bridgehead atoms. The Morgan fingerprint density at radius 2 is 1.71 bits per heavy atom. The summed E-state index contributed by atoms with van der Waals surface area (Å²) in [4.78, 5) is 16.1. The van der Waals surface area contributed by atoms with Gasteiger partial charge in [0.15, 0.2) is 9.84 Å². The van der Waals surface area contributed by atoms with Gasteiger partial charge in [-0.05, 0) is 24.1 Å². The molecule has 2 aliphatic heterocycles. The number of nitrogens with zero attached hydrogens (tertiary/aromatic N) is 2. The Kier molecular flexibility index (Phi) is 6.31. The Morgan fingerprint density at radius 1 is 1.07 bits per heavy atom. The van der Waals surface area contributed by atoms with Gasteiger partial charge in [0, 0.05) is 38.8 Å². The molecule has 1 atom stereocenters. The number of hydrogen-bond donors (Lipinski definition) is 1. The van der Waals surface area contributed by atoms with Crippen molar-refractivity contribution in [2.75, 3.05) is 44.2 Å². The molecular formula is C18H24F3N3O3S. The molecule has 1 aromatic carbocycles. The third kappa shape index (κ3) is 5.92. The zero-order valence-corrected chi connectivity index (χ0v) is 16.2. The monoisotopic (exact) mass is 419 g/mol. The lowest BCUT2D eigenvalue weighted by molar-refractivity contribution is -0.137. The maximum Gasteiger partial charge on any atom is 0.416 e. The standard InChI is InChI=1S/C18H24F3N3O3S/c19-18(20,21)15-3-1-14(2-4-15)11-24-6-5-16(12-24)22-17(25)13-23-7-9-28(26,27)10-8-23/h1-4,16H,5-13H2,(H,22,25). The van der Waals surface area contributed by atoms with Crippen LogP contribution in [0.25, 0.3) is 0 Å². The van der Waals surface area contributed by atoms with Crippen molar-refractivity contribution in [1.29, 1.82) is 0 Å². The van der Waals surface area contributed by atoms with Crippen LogP contribution in [0.1, 0.15) is 17.5 Å². The van der Waals surface area contributed by atoms with Crippen LogP contribution < -0.4 is 5.32 Å². The van der Waals surface area contributed by atoms with E-state index in [1.165, 1.54) is 12.1 Å². The summed E-state index contributed by atoms with van der Waals surface area (Å²) in [5.41, 5.74) is 0.142. The second-order valence-electron chi connectivity index (χ2n) is 7.41. The summed E-state index contributed by atoms with van der Waals surface area (Å²) in [6.45, 7) is 2.87. The molecule has 28 heavy (non-hydrogen) atoms. The molecule has 0 spiro atoms. The summed E-state index contributed by atoms with van der Waals surface area (Å²) in [5, 5.41) is 2.97. The first-order valence-electron chi connectivity index (χ1n) is 9.21. The van der Waals surface area contributed by atoms with Gasteiger partial charge in [0.25, 0.3) is 0 Å². The lowest BCUT2D eigenvalue weighted by Gasteiger charge is -2.26. The fourth-order valence-corrected chi connectivity index (χ4v) is 4.81. The number of amides is 1. The summed E-state index contributed by atoms with van der Waals surface area (Å²) < 4.78 is 60.7. The van der Waals surface area contributed by atoms with Crippen LogP contribution in [-0.4, -0.2) is 74.4 Å². The minimum Gasteiger partial charge on any atom is -0.351 e. The van der Waals surface area contributed by atoms with E-state index in [1.807, 2.05) is 4.90 Å². The van der Waals surface area contributed by atoms with Gasteiger partial charge < -0.3 is 5.32 Å². The zero-order valence-electron chi connectivity index (χ0n) is 15.4. The average Bonchev–Trinajstić information content (AvgIpc) is 3.03. The van der Waals surface area contributed by atoms with Gasteiger partial charge in [-0.3, -0.25) is 14.6 Å². The molecule has 0 aliphatic carbocycles. The van der Waals surface area contributed by atoms with Crippen molar-refractivity contribution in [3.63, 3.8) is 0 Å². The molecule has 3 rings (SSSR count). The van der Waals surface area contributed by atoms with E-state index in [0.717, 1.165) is 30.7 Å². The van der Waals surface area contributed by atoms with E-state index in [0.29, 0.717) is 26.2 Å². The highest BCUT2D eigenvalue weighted by molar-refractivity contribution is 7.91. The van der Waals surface area contributed by atoms with Gasteiger partial charge in [-0.1, -0.05) is 12.1 Å². The first-order chi connectivity index (χ1) is 13.1. The molecule has 1 N–H and O–H groups in total. The van der Waals surface area contributed by atoms with E-state index in [1.54, 1.807) is 0 Å². The Hall–Kier alpha value is -1.65. The maximum atomic E-state index is 12.6. The van der Waals surface area contributed by atoms with Crippen LogP contribution in [0.2, 0.25) is 0 Å². The van der Waals surface area contributed by atoms with E-state index in [9.17, 15) is 26.4 Å². The topological polar surface area (TPSA) is 69.7 Å². The van der Waals surface area contributed by atoms with E-state index < -0.39 is 21.6 Å². The number of rotatable bonds is 5. The number of sulfone groups is 1. The smallest absolute Gasteiger partial charge is 0.351 e. The fourth-order valence-electron chi connectivity index (χ4n) is 3.54. The van der Waals surface area contributed by atoms with Gasteiger partial charge in [-0.25, -0.2) is 8.42 Å². The third-order valence-electron chi connectivity index (χ3n) is 5.13. The number of carbonyl (C=O) groups excluding carboxylic acids is 1. The number of nitrogens with one attached hydrogen (secondary N) is 1. The quantitative estimate of drug-likeness (QED) is 0.775. The molecule has 2 aliphatic rings. The fraction of sp³-hybridized carbons (Fsp3) is 0.611.